The minimum atomic E-state index is -0.267. The molecule has 1 aliphatic rings. The molecule has 2 aromatic heterocycles. The Bertz CT molecular complexity index is 1240. The van der Waals surface area contributed by atoms with E-state index in [0.717, 1.165) is 56.2 Å². The summed E-state index contributed by atoms with van der Waals surface area (Å²) in [4.78, 5) is 18.3. The summed E-state index contributed by atoms with van der Waals surface area (Å²) in [6.07, 6.45) is 2.53. The van der Waals surface area contributed by atoms with E-state index in [4.69, 9.17) is 24.9 Å². The van der Waals surface area contributed by atoms with Gasteiger partial charge in [0.2, 0.25) is 0 Å². The first-order valence-electron chi connectivity index (χ1n) is 13.7. The van der Waals surface area contributed by atoms with Crippen LogP contribution >= 0.6 is 0 Å². The third-order valence-electron chi connectivity index (χ3n) is 7.12. The fourth-order valence-corrected chi connectivity index (χ4v) is 5.40. The molecule has 1 saturated heterocycles. The van der Waals surface area contributed by atoms with E-state index in [1.165, 1.54) is 22.2 Å². The van der Waals surface area contributed by atoms with Gasteiger partial charge in [-0.15, -0.1) is 0 Å². The maximum absolute atomic E-state index is 11.0. The molecule has 0 bridgehead atoms. The molecule has 0 amide bonds. The van der Waals surface area contributed by atoms with Gasteiger partial charge in [-0.05, 0) is 49.1 Å². The largest absolute Gasteiger partial charge is 0.491 e. The number of hydrogen-bond acceptors (Lipinski definition) is 7. The van der Waals surface area contributed by atoms with Crippen molar-refractivity contribution in [1.82, 2.24) is 9.55 Å². The minimum Gasteiger partial charge on any atom is -0.491 e. The quantitative estimate of drug-likeness (QED) is 0.343. The maximum atomic E-state index is 11.0. The van der Waals surface area contributed by atoms with Crippen molar-refractivity contribution in [3.63, 3.8) is 0 Å². The lowest BCUT2D eigenvalue weighted by atomic mass is 9.84. The van der Waals surface area contributed by atoms with E-state index in [0.29, 0.717) is 32.0 Å². The van der Waals surface area contributed by atoms with Crippen molar-refractivity contribution in [2.45, 2.75) is 53.5 Å². The molecule has 0 spiro atoms. The number of pyridine rings is 1. The van der Waals surface area contributed by atoms with E-state index in [2.05, 4.69) is 68.4 Å². The number of anilines is 1. The molecule has 0 saturated carbocycles. The molecule has 3 aromatic rings. The molecule has 206 valence electrons. The van der Waals surface area contributed by atoms with Gasteiger partial charge in [0.1, 0.15) is 12.4 Å². The normalized spacial score (nSPS) is 14.3. The predicted molar refractivity (Wildman–Crippen MR) is 152 cm³/mol. The Kier molecular flexibility index (Phi) is 8.95. The number of benzene rings is 1. The molecule has 8 heteroatoms. The van der Waals surface area contributed by atoms with Gasteiger partial charge < -0.3 is 29.4 Å². The van der Waals surface area contributed by atoms with Crippen LogP contribution in [-0.4, -0.2) is 62.1 Å². The molecule has 38 heavy (non-hydrogen) atoms. The second-order valence-electron chi connectivity index (χ2n) is 11.0. The Labute approximate surface area is 226 Å². The first-order chi connectivity index (χ1) is 18.3. The lowest BCUT2D eigenvalue weighted by Crippen LogP contribution is -2.36. The van der Waals surface area contributed by atoms with Gasteiger partial charge in [-0.3, -0.25) is 9.78 Å². The first-order valence-corrected chi connectivity index (χ1v) is 13.7. The average Bonchev–Trinajstić information content (AvgIpc) is 3.22. The van der Waals surface area contributed by atoms with Crippen LogP contribution in [0.4, 0.5) is 5.69 Å². The van der Waals surface area contributed by atoms with Crippen molar-refractivity contribution in [2.24, 2.45) is 11.1 Å². The Morgan fingerprint density at radius 2 is 1.97 bits per heavy atom. The number of carbonyl (C=O) groups excluding carboxylic acids is 1. The van der Waals surface area contributed by atoms with Gasteiger partial charge in [0.05, 0.1) is 37.4 Å². The van der Waals surface area contributed by atoms with Crippen molar-refractivity contribution in [3.05, 3.63) is 41.7 Å². The Hall–Kier alpha value is -3.10. The first kappa shape index (κ1) is 27.9. The van der Waals surface area contributed by atoms with E-state index in [1.807, 2.05) is 0 Å². The standard InChI is InChI=1S/C30H42N4O4/c1-6-34-27-8-7-22(33-10-13-36-14-11-33)15-24(27)26(17-30(4,5)19-37-20-35)29(34)25-16-23(38-12-9-31)18-32-28(25)21(2)3/h7-8,15-16,18,20-21H,6,9-14,17,19,31H2,1-5H3. The molecular weight excluding hydrogens is 480 g/mol. The predicted octanol–water partition coefficient (Wildman–Crippen LogP) is 4.76. The summed E-state index contributed by atoms with van der Waals surface area (Å²) in [5.41, 5.74) is 12.3. The number of fused-ring (bicyclic) bond motifs is 1. The molecule has 1 fully saturated rings. The number of rotatable bonds is 12. The van der Waals surface area contributed by atoms with Crippen LogP contribution in [-0.2, 0) is 27.2 Å². The number of ether oxygens (including phenoxy) is 3. The van der Waals surface area contributed by atoms with Crippen LogP contribution in [0, 0.1) is 5.41 Å². The monoisotopic (exact) mass is 522 g/mol. The number of carbonyl (C=O) groups is 1. The van der Waals surface area contributed by atoms with E-state index < -0.39 is 0 Å². The molecule has 1 aromatic carbocycles. The molecule has 8 nitrogen and oxygen atoms in total. The van der Waals surface area contributed by atoms with Gasteiger partial charge in [0, 0.05) is 53.7 Å². The van der Waals surface area contributed by atoms with Crippen LogP contribution in [0.15, 0.2) is 30.5 Å². The second-order valence-corrected chi connectivity index (χ2v) is 11.0. The van der Waals surface area contributed by atoms with Crippen LogP contribution < -0.4 is 15.4 Å². The Morgan fingerprint density at radius 1 is 1.21 bits per heavy atom. The fraction of sp³-hybridized carbons (Fsp3) is 0.533. The smallest absolute Gasteiger partial charge is 0.293 e. The molecule has 2 N–H and O–H groups in total. The van der Waals surface area contributed by atoms with Gasteiger partial charge in [0.15, 0.2) is 0 Å². The zero-order valence-corrected chi connectivity index (χ0v) is 23.5. The van der Waals surface area contributed by atoms with Crippen LogP contribution in [0.1, 0.15) is 51.8 Å². The fourth-order valence-electron chi connectivity index (χ4n) is 5.40. The van der Waals surface area contributed by atoms with Crippen LogP contribution in [0.3, 0.4) is 0 Å². The summed E-state index contributed by atoms with van der Waals surface area (Å²) in [6.45, 7) is 16.6. The zero-order valence-electron chi connectivity index (χ0n) is 23.5. The highest BCUT2D eigenvalue weighted by molar-refractivity contribution is 5.94. The van der Waals surface area contributed by atoms with Gasteiger partial charge >= 0.3 is 0 Å². The SMILES string of the molecule is CCn1c(-c2cc(OCCN)cnc2C(C)C)c(CC(C)(C)COC=O)c2cc(N3CCOCC3)ccc21. The highest BCUT2D eigenvalue weighted by atomic mass is 16.5. The zero-order chi connectivity index (χ0) is 27.3. The van der Waals surface area contributed by atoms with E-state index in [1.54, 1.807) is 6.20 Å². The van der Waals surface area contributed by atoms with Crippen molar-refractivity contribution >= 4 is 23.1 Å². The molecule has 0 radical (unpaired) electrons. The highest BCUT2D eigenvalue weighted by Crippen LogP contribution is 2.42. The van der Waals surface area contributed by atoms with Gasteiger partial charge in [0.25, 0.3) is 6.47 Å². The highest BCUT2D eigenvalue weighted by Gasteiger charge is 2.29. The lowest BCUT2D eigenvalue weighted by molar-refractivity contribution is -0.131. The summed E-state index contributed by atoms with van der Waals surface area (Å²) in [6, 6.07) is 8.89. The van der Waals surface area contributed by atoms with Crippen molar-refractivity contribution in [1.29, 1.82) is 0 Å². The summed E-state index contributed by atoms with van der Waals surface area (Å²) in [5.74, 6) is 0.936. The Balaban J connectivity index is 1.97. The molecular formula is C30H42N4O4. The number of morpholine rings is 1. The average molecular weight is 523 g/mol. The van der Waals surface area contributed by atoms with Crippen molar-refractivity contribution < 1.29 is 19.0 Å². The summed E-state index contributed by atoms with van der Waals surface area (Å²) < 4.78 is 19.2. The second kappa shape index (κ2) is 12.2. The molecule has 0 atom stereocenters. The summed E-state index contributed by atoms with van der Waals surface area (Å²) in [7, 11) is 0. The van der Waals surface area contributed by atoms with Gasteiger partial charge in [-0.1, -0.05) is 27.7 Å². The molecule has 1 aliphatic heterocycles. The Morgan fingerprint density at radius 3 is 2.63 bits per heavy atom. The topological polar surface area (TPSA) is 91.8 Å². The molecule has 3 heterocycles. The van der Waals surface area contributed by atoms with Gasteiger partial charge in [-0.25, -0.2) is 0 Å². The summed E-state index contributed by atoms with van der Waals surface area (Å²) >= 11 is 0. The number of nitrogens with zero attached hydrogens (tertiary/aromatic N) is 3. The number of aryl methyl sites for hydroxylation is 1. The van der Waals surface area contributed by atoms with Crippen LogP contribution in [0.2, 0.25) is 0 Å². The van der Waals surface area contributed by atoms with Crippen molar-refractivity contribution in [3.8, 4) is 17.0 Å². The van der Waals surface area contributed by atoms with Crippen LogP contribution in [0.5, 0.6) is 5.75 Å². The lowest BCUT2D eigenvalue weighted by Gasteiger charge is -2.29. The molecule has 0 unspecified atom stereocenters. The number of nitrogens with two attached hydrogens (primary N) is 1. The number of aromatic nitrogens is 2. The number of hydrogen-bond donors (Lipinski definition) is 1. The van der Waals surface area contributed by atoms with Gasteiger partial charge in [-0.2, -0.15) is 0 Å². The van der Waals surface area contributed by atoms with Crippen LogP contribution in [0.25, 0.3) is 22.2 Å². The minimum absolute atomic E-state index is 0.222. The molecule has 4 rings (SSSR count). The third kappa shape index (κ3) is 5.97. The van der Waals surface area contributed by atoms with E-state index in [-0.39, 0.29) is 11.3 Å². The maximum Gasteiger partial charge on any atom is 0.293 e. The van der Waals surface area contributed by atoms with Crippen molar-refractivity contribution in [2.75, 3.05) is 51.0 Å². The summed E-state index contributed by atoms with van der Waals surface area (Å²) in [5, 5.41) is 1.22. The van der Waals surface area contributed by atoms with E-state index in [9.17, 15) is 4.79 Å². The van der Waals surface area contributed by atoms with E-state index >= 15 is 0 Å². The third-order valence-corrected chi connectivity index (χ3v) is 7.12. The molecule has 0 aliphatic carbocycles.